The van der Waals surface area contributed by atoms with Crippen LogP contribution in [0.2, 0.25) is 0 Å². The smallest absolute Gasteiger partial charge is 0.248 e. The Hall–Kier alpha value is -1.30. The molecule has 2 fully saturated rings. The summed E-state index contributed by atoms with van der Waals surface area (Å²) >= 11 is 0. The van der Waals surface area contributed by atoms with Gasteiger partial charge in [-0.15, -0.1) is 0 Å². The topological polar surface area (TPSA) is 123 Å². The average Bonchev–Trinajstić information content (AvgIpc) is 2.64. The van der Waals surface area contributed by atoms with E-state index in [1.807, 2.05) is 0 Å². The van der Waals surface area contributed by atoms with Gasteiger partial charge in [-0.3, -0.25) is 24.8 Å². The standard InChI is InChI=1S/C9H20N4O.C7H16N4O/c1-12-4-6-13(7-5-12)8-9(14)11-3-2-10;1-10-2-4-11(5-3-10)6-7(12)9-8/h2-8,10H2,1H3,(H,11,14);2-6,8H2,1H3,(H,9,12). The molecule has 2 amide bonds. The van der Waals surface area contributed by atoms with Gasteiger partial charge in [0.25, 0.3) is 0 Å². The Labute approximate surface area is 156 Å². The van der Waals surface area contributed by atoms with Crippen molar-refractivity contribution in [2.75, 3.05) is 92.6 Å². The van der Waals surface area contributed by atoms with E-state index in [1.165, 1.54) is 0 Å². The molecule has 0 saturated carbocycles. The zero-order valence-corrected chi connectivity index (χ0v) is 16.2. The van der Waals surface area contributed by atoms with E-state index in [2.05, 4.69) is 44.4 Å². The van der Waals surface area contributed by atoms with E-state index >= 15 is 0 Å². The van der Waals surface area contributed by atoms with Gasteiger partial charge in [0.1, 0.15) is 0 Å². The van der Waals surface area contributed by atoms with Gasteiger partial charge in [0.2, 0.25) is 11.8 Å². The number of hydrogen-bond acceptors (Lipinski definition) is 8. The Bertz CT molecular complexity index is 407. The van der Waals surface area contributed by atoms with E-state index in [9.17, 15) is 9.59 Å². The normalized spacial score (nSPS) is 20.2. The Balaban J connectivity index is 0.000000263. The van der Waals surface area contributed by atoms with Crippen LogP contribution in [-0.2, 0) is 9.59 Å². The Morgan fingerprint density at radius 3 is 1.62 bits per heavy atom. The number of hydrazine groups is 1. The van der Waals surface area contributed by atoms with Crippen LogP contribution in [0.4, 0.5) is 0 Å². The van der Waals surface area contributed by atoms with Crippen molar-refractivity contribution in [3.05, 3.63) is 0 Å². The Kier molecular flexibility index (Phi) is 11.3. The van der Waals surface area contributed by atoms with Gasteiger partial charge < -0.3 is 20.9 Å². The van der Waals surface area contributed by atoms with Crippen LogP contribution in [0, 0.1) is 0 Å². The summed E-state index contributed by atoms with van der Waals surface area (Å²) in [6.07, 6.45) is 0. The summed E-state index contributed by atoms with van der Waals surface area (Å²) in [5, 5.41) is 2.77. The first kappa shape index (κ1) is 22.7. The minimum absolute atomic E-state index is 0.0833. The summed E-state index contributed by atoms with van der Waals surface area (Å²) in [5.74, 6) is 4.95. The molecule has 2 heterocycles. The first-order chi connectivity index (χ1) is 12.4. The molecule has 0 aliphatic carbocycles. The molecule has 6 N–H and O–H groups in total. The monoisotopic (exact) mass is 372 g/mol. The lowest BCUT2D eigenvalue weighted by molar-refractivity contribution is -0.123. The molecule has 0 spiro atoms. The highest BCUT2D eigenvalue weighted by Gasteiger charge is 2.16. The van der Waals surface area contributed by atoms with Crippen molar-refractivity contribution < 1.29 is 9.59 Å². The summed E-state index contributed by atoms with van der Waals surface area (Å²) in [6, 6.07) is 0. The third-order valence-electron chi connectivity index (χ3n) is 4.55. The van der Waals surface area contributed by atoms with Crippen molar-refractivity contribution >= 4 is 11.8 Å². The van der Waals surface area contributed by atoms with E-state index in [4.69, 9.17) is 11.6 Å². The lowest BCUT2D eigenvalue weighted by Gasteiger charge is -2.31. The van der Waals surface area contributed by atoms with Gasteiger partial charge in [0.05, 0.1) is 13.1 Å². The first-order valence-electron chi connectivity index (χ1n) is 9.22. The lowest BCUT2D eigenvalue weighted by atomic mass is 10.3. The van der Waals surface area contributed by atoms with Crippen molar-refractivity contribution in [3.8, 4) is 0 Å². The van der Waals surface area contributed by atoms with Gasteiger partial charge in [0.15, 0.2) is 0 Å². The van der Waals surface area contributed by atoms with Crippen LogP contribution in [0.5, 0.6) is 0 Å². The van der Waals surface area contributed by atoms with Crippen LogP contribution in [0.25, 0.3) is 0 Å². The highest BCUT2D eigenvalue weighted by molar-refractivity contribution is 5.78. The zero-order valence-electron chi connectivity index (χ0n) is 16.2. The fourth-order valence-corrected chi connectivity index (χ4v) is 2.73. The predicted molar refractivity (Wildman–Crippen MR) is 102 cm³/mol. The molecular weight excluding hydrogens is 336 g/mol. The summed E-state index contributed by atoms with van der Waals surface area (Å²) in [7, 11) is 4.19. The molecule has 152 valence electrons. The fraction of sp³-hybridized carbons (Fsp3) is 0.875. The van der Waals surface area contributed by atoms with E-state index in [-0.39, 0.29) is 11.8 Å². The molecule has 2 aliphatic heterocycles. The van der Waals surface area contributed by atoms with Crippen LogP contribution in [0.3, 0.4) is 0 Å². The Morgan fingerprint density at radius 1 is 0.808 bits per heavy atom. The van der Waals surface area contributed by atoms with E-state index in [1.54, 1.807) is 0 Å². The minimum atomic E-state index is -0.112. The van der Waals surface area contributed by atoms with Gasteiger partial charge in [-0.25, -0.2) is 5.84 Å². The van der Waals surface area contributed by atoms with Crippen LogP contribution >= 0.6 is 0 Å². The molecule has 10 nitrogen and oxygen atoms in total. The maximum absolute atomic E-state index is 11.3. The molecule has 0 aromatic rings. The highest BCUT2D eigenvalue weighted by atomic mass is 16.2. The maximum Gasteiger partial charge on any atom is 0.248 e. The van der Waals surface area contributed by atoms with Crippen molar-refractivity contribution in [2.24, 2.45) is 11.6 Å². The molecule has 10 heteroatoms. The first-order valence-corrected chi connectivity index (χ1v) is 9.22. The fourth-order valence-electron chi connectivity index (χ4n) is 2.73. The molecule has 0 unspecified atom stereocenters. The van der Waals surface area contributed by atoms with Crippen molar-refractivity contribution in [1.29, 1.82) is 0 Å². The number of carbonyl (C=O) groups is 2. The molecule has 0 aromatic heterocycles. The number of rotatable bonds is 6. The molecular formula is C16H36N8O2. The van der Waals surface area contributed by atoms with Gasteiger partial charge >= 0.3 is 0 Å². The molecule has 2 saturated heterocycles. The quantitative estimate of drug-likeness (QED) is 0.215. The van der Waals surface area contributed by atoms with Crippen molar-refractivity contribution in [3.63, 3.8) is 0 Å². The summed E-state index contributed by atoms with van der Waals surface area (Å²) < 4.78 is 0. The number of nitrogens with two attached hydrogens (primary N) is 2. The van der Waals surface area contributed by atoms with E-state index < -0.39 is 0 Å². The van der Waals surface area contributed by atoms with Gasteiger partial charge in [0, 0.05) is 65.4 Å². The molecule has 0 aromatic carbocycles. The number of nitrogens with zero attached hydrogens (tertiary/aromatic N) is 4. The molecule has 0 radical (unpaired) electrons. The number of amides is 2. The van der Waals surface area contributed by atoms with Crippen LogP contribution < -0.4 is 22.3 Å². The van der Waals surface area contributed by atoms with Gasteiger partial charge in [-0.05, 0) is 14.1 Å². The second-order valence-electron chi connectivity index (χ2n) is 6.86. The minimum Gasteiger partial charge on any atom is -0.354 e. The summed E-state index contributed by atoms with van der Waals surface area (Å²) in [5.41, 5.74) is 7.42. The zero-order chi connectivity index (χ0) is 19.4. The maximum atomic E-state index is 11.3. The molecule has 26 heavy (non-hydrogen) atoms. The highest BCUT2D eigenvalue weighted by Crippen LogP contribution is 1.98. The number of hydrogen-bond donors (Lipinski definition) is 4. The van der Waals surface area contributed by atoms with E-state index in [0.717, 1.165) is 52.4 Å². The largest absolute Gasteiger partial charge is 0.354 e. The Morgan fingerprint density at radius 2 is 1.23 bits per heavy atom. The van der Waals surface area contributed by atoms with Crippen molar-refractivity contribution in [1.82, 2.24) is 30.3 Å². The van der Waals surface area contributed by atoms with Gasteiger partial charge in [-0.1, -0.05) is 0 Å². The molecule has 0 bridgehead atoms. The second kappa shape index (κ2) is 13.0. The SMILES string of the molecule is CN1CCN(CC(=O)NCCN)CC1.CN1CCN(CC(=O)NN)CC1. The van der Waals surface area contributed by atoms with Crippen molar-refractivity contribution in [2.45, 2.75) is 0 Å². The predicted octanol–water partition coefficient (Wildman–Crippen LogP) is -3.47. The third-order valence-corrected chi connectivity index (χ3v) is 4.55. The van der Waals surface area contributed by atoms with Crippen LogP contribution in [0.15, 0.2) is 0 Å². The number of piperazine rings is 2. The van der Waals surface area contributed by atoms with E-state index in [0.29, 0.717) is 26.2 Å². The van der Waals surface area contributed by atoms with Crippen LogP contribution in [-0.4, -0.2) is 124 Å². The third kappa shape index (κ3) is 10.00. The summed E-state index contributed by atoms with van der Waals surface area (Å²) in [4.78, 5) is 31.0. The number of nitrogens with one attached hydrogen (secondary N) is 2. The lowest BCUT2D eigenvalue weighted by Crippen LogP contribution is -2.49. The average molecular weight is 373 g/mol. The number of likely N-dealkylation sites (N-methyl/N-ethyl adjacent to an activating group) is 2. The van der Waals surface area contributed by atoms with Crippen LogP contribution in [0.1, 0.15) is 0 Å². The molecule has 0 atom stereocenters. The van der Waals surface area contributed by atoms with Gasteiger partial charge in [-0.2, -0.15) is 0 Å². The molecule has 2 rings (SSSR count). The summed E-state index contributed by atoms with van der Waals surface area (Å²) in [6.45, 7) is 10.0. The second-order valence-corrected chi connectivity index (χ2v) is 6.86. The number of carbonyl (C=O) groups excluding carboxylic acids is 2. The molecule has 2 aliphatic rings.